The molecule has 0 radical (unpaired) electrons. The van der Waals surface area contributed by atoms with Gasteiger partial charge in [-0.2, -0.15) is 0 Å². The van der Waals surface area contributed by atoms with Crippen LogP contribution in [0.2, 0.25) is 0 Å². The molecule has 0 unspecified atom stereocenters. The maximum absolute atomic E-state index is 12.5. The zero-order valence-electron chi connectivity index (χ0n) is 20.3. The lowest BCUT2D eigenvalue weighted by Gasteiger charge is -2.35. The summed E-state index contributed by atoms with van der Waals surface area (Å²) in [6, 6.07) is 8.61. The zero-order valence-corrected chi connectivity index (χ0v) is 21.1. The molecule has 2 heterocycles. The zero-order chi connectivity index (χ0) is 24.9. The second-order valence-electron chi connectivity index (χ2n) is 8.79. The molecule has 1 aliphatic rings. The van der Waals surface area contributed by atoms with Gasteiger partial charge >= 0.3 is 6.03 Å². The number of ether oxygens (including phenoxy) is 2. The molecule has 1 aromatic heterocycles. The van der Waals surface area contributed by atoms with Crippen molar-refractivity contribution in [1.82, 2.24) is 15.3 Å². The summed E-state index contributed by atoms with van der Waals surface area (Å²) in [4.78, 5) is 23.5. The number of morpholine rings is 1. The summed E-state index contributed by atoms with van der Waals surface area (Å²) in [5.41, 5.74) is 1.74. The van der Waals surface area contributed by atoms with Crippen LogP contribution in [0, 0.1) is 0 Å². The number of carbonyl (C=O) groups is 1. The second-order valence-corrected chi connectivity index (χ2v) is 11.4. The van der Waals surface area contributed by atoms with Crippen molar-refractivity contribution in [3.05, 3.63) is 36.0 Å². The molecule has 1 aromatic carbocycles. The first-order valence-electron chi connectivity index (χ1n) is 11.1. The lowest BCUT2D eigenvalue weighted by molar-refractivity contribution is 0.0985. The number of aromatic nitrogens is 2. The Balaban J connectivity index is 1.94. The van der Waals surface area contributed by atoms with Crippen LogP contribution in [0.3, 0.4) is 0 Å². The van der Waals surface area contributed by atoms with Gasteiger partial charge in [-0.05, 0) is 45.0 Å². The van der Waals surface area contributed by atoms with Gasteiger partial charge in [-0.1, -0.05) is 0 Å². The summed E-state index contributed by atoms with van der Waals surface area (Å²) >= 11 is 0. The highest BCUT2D eigenvalue weighted by atomic mass is 32.2. The third-order valence-electron chi connectivity index (χ3n) is 5.91. The normalized spacial score (nSPS) is 16.9. The van der Waals surface area contributed by atoms with E-state index >= 15 is 0 Å². The van der Waals surface area contributed by atoms with Crippen molar-refractivity contribution in [2.75, 3.05) is 56.5 Å². The van der Waals surface area contributed by atoms with E-state index in [-0.39, 0.29) is 12.1 Å². The summed E-state index contributed by atoms with van der Waals surface area (Å²) in [5.74, 6) is 1.08. The van der Waals surface area contributed by atoms with Gasteiger partial charge in [0.25, 0.3) is 0 Å². The standard InChI is InChI=1S/C23H33N5O5S/c1-16-15-33-13-11-28(16)20-14-19(23(2,3)34(5,30)31)26-21(27-20)17-6-8-18(9-7-17)25-22(29)24-10-12-32-4/h6-9,14,16H,10-13,15H2,1-5H3,(H2,24,25,29)/t16-/m0/s1. The van der Waals surface area contributed by atoms with Crippen molar-refractivity contribution >= 4 is 27.4 Å². The molecular formula is C23H33N5O5S. The van der Waals surface area contributed by atoms with Gasteiger partial charge in [0.15, 0.2) is 15.7 Å². The fourth-order valence-electron chi connectivity index (χ4n) is 3.42. The number of nitrogens with one attached hydrogen (secondary N) is 2. The van der Waals surface area contributed by atoms with Crippen molar-refractivity contribution in [2.45, 2.75) is 31.6 Å². The molecule has 1 saturated heterocycles. The van der Waals surface area contributed by atoms with Crippen LogP contribution < -0.4 is 15.5 Å². The van der Waals surface area contributed by atoms with Crippen molar-refractivity contribution in [1.29, 1.82) is 0 Å². The van der Waals surface area contributed by atoms with Crippen molar-refractivity contribution in [3.8, 4) is 11.4 Å². The van der Waals surface area contributed by atoms with E-state index in [0.717, 1.165) is 0 Å². The third kappa shape index (κ3) is 6.02. The molecule has 1 aliphatic heterocycles. The van der Waals surface area contributed by atoms with E-state index in [9.17, 15) is 13.2 Å². The maximum atomic E-state index is 12.5. The molecule has 2 aromatic rings. The van der Waals surface area contributed by atoms with Crippen molar-refractivity contribution < 1.29 is 22.7 Å². The van der Waals surface area contributed by atoms with Crippen molar-refractivity contribution in [3.63, 3.8) is 0 Å². The van der Waals surface area contributed by atoms with Gasteiger partial charge in [-0.3, -0.25) is 0 Å². The van der Waals surface area contributed by atoms with Gasteiger partial charge < -0.3 is 25.0 Å². The molecule has 1 fully saturated rings. The summed E-state index contributed by atoms with van der Waals surface area (Å²) in [6.45, 7) is 7.95. The van der Waals surface area contributed by atoms with E-state index in [1.807, 2.05) is 6.92 Å². The molecule has 0 saturated carbocycles. The fourth-order valence-corrected chi connectivity index (χ4v) is 3.91. The summed E-state index contributed by atoms with van der Waals surface area (Å²) in [5, 5.41) is 5.45. The van der Waals surface area contributed by atoms with Gasteiger partial charge in [0.05, 0.1) is 31.6 Å². The lowest BCUT2D eigenvalue weighted by atomic mass is 10.1. The SMILES string of the molecule is COCCNC(=O)Nc1ccc(-c2nc(N3CCOC[C@@H]3C)cc(C(C)(C)S(C)(=O)=O)n2)cc1. The molecule has 3 rings (SSSR count). The Morgan fingerprint density at radius 1 is 1.26 bits per heavy atom. The molecular weight excluding hydrogens is 458 g/mol. The van der Waals surface area contributed by atoms with E-state index in [1.54, 1.807) is 51.3 Å². The Morgan fingerprint density at radius 3 is 2.59 bits per heavy atom. The molecule has 0 aliphatic carbocycles. The predicted octanol–water partition coefficient (Wildman–Crippen LogP) is 2.42. The highest BCUT2D eigenvalue weighted by Crippen LogP contribution is 2.32. The number of benzene rings is 1. The Hall–Kier alpha value is -2.76. The first kappa shape index (κ1) is 25.9. The summed E-state index contributed by atoms with van der Waals surface area (Å²) in [7, 11) is -1.88. The minimum Gasteiger partial charge on any atom is -0.383 e. The number of nitrogens with zero attached hydrogens (tertiary/aromatic N) is 3. The first-order chi connectivity index (χ1) is 16.0. The topological polar surface area (TPSA) is 123 Å². The largest absolute Gasteiger partial charge is 0.383 e. The average molecular weight is 492 g/mol. The number of rotatable bonds is 8. The number of urea groups is 1. The number of amides is 2. The highest BCUT2D eigenvalue weighted by molar-refractivity contribution is 7.91. The minimum atomic E-state index is -3.44. The average Bonchev–Trinajstić information content (AvgIpc) is 2.79. The molecule has 0 bridgehead atoms. The molecule has 1 atom stereocenters. The third-order valence-corrected chi connectivity index (χ3v) is 7.97. The van der Waals surface area contributed by atoms with Gasteiger partial charge in [0.1, 0.15) is 10.6 Å². The fraction of sp³-hybridized carbons (Fsp3) is 0.522. The number of anilines is 2. The quantitative estimate of drug-likeness (QED) is 0.540. The Labute approximate surface area is 201 Å². The van der Waals surface area contributed by atoms with E-state index in [4.69, 9.17) is 14.5 Å². The second kappa shape index (κ2) is 10.7. The van der Waals surface area contributed by atoms with Crippen molar-refractivity contribution in [2.24, 2.45) is 0 Å². The van der Waals surface area contributed by atoms with Crippen LogP contribution in [-0.4, -0.2) is 76.7 Å². The molecule has 186 valence electrons. The monoisotopic (exact) mass is 491 g/mol. The molecule has 2 amide bonds. The van der Waals surface area contributed by atoms with Gasteiger partial charge in [-0.15, -0.1) is 0 Å². The molecule has 11 heteroatoms. The van der Waals surface area contributed by atoms with E-state index in [0.29, 0.717) is 61.5 Å². The Bertz CT molecular complexity index is 1110. The van der Waals surface area contributed by atoms with Crippen LogP contribution in [0.15, 0.2) is 30.3 Å². The summed E-state index contributed by atoms with van der Waals surface area (Å²) < 4.78 is 34.4. The number of carbonyl (C=O) groups excluding carboxylic acids is 1. The first-order valence-corrected chi connectivity index (χ1v) is 13.0. The predicted molar refractivity (Wildman–Crippen MR) is 132 cm³/mol. The van der Waals surface area contributed by atoms with Crippen LogP contribution in [0.25, 0.3) is 11.4 Å². The van der Waals surface area contributed by atoms with Gasteiger partial charge in [0, 0.05) is 43.8 Å². The minimum absolute atomic E-state index is 0.0916. The molecule has 2 N–H and O–H groups in total. The number of hydrogen-bond donors (Lipinski definition) is 2. The van der Waals surface area contributed by atoms with Crippen LogP contribution in [0.1, 0.15) is 26.5 Å². The molecule has 34 heavy (non-hydrogen) atoms. The Morgan fingerprint density at radius 2 is 1.97 bits per heavy atom. The van der Waals surface area contributed by atoms with E-state index in [2.05, 4.69) is 20.5 Å². The smallest absolute Gasteiger partial charge is 0.319 e. The number of hydrogen-bond acceptors (Lipinski definition) is 8. The molecule has 10 nitrogen and oxygen atoms in total. The summed E-state index contributed by atoms with van der Waals surface area (Å²) in [6.07, 6.45) is 1.21. The van der Waals surface area contributed by atoms with E-state index in [1.165, 1.54) is 6.26 Å². The Kier molecular flexibility index (Phi) is 8.11. The van der Waals surface area contributed by atoms with Crippen LogP contribution >= 0.6 is 0 Å². The highest BCUT2D eigenvalue weighted by Gasteiger charge is 2.35. The van der Waals surface area contributed by atoms with E-state index < -0.39 is 14.6 Å². The lowest BCUT2D eigenvalue weighted by Crippen LogP contribution is -2.44. The van der Waals surface area contributed by atoms with Crippen LogP contribution in [-0.2, 0) is 24.1 Å². The van der Waals surface area contributed by atoms with Crippen LogP contribution in [0.4, 0.5) is 16.3 Å². The van der Waals surface area contributed by atoms with Crippen LogP contribution in [0.5, 0.6) is 0 Å². The van der Waals surface area contributed by atoms with Gasteiger partial charge in [0.2, 0.25) is 0 Å². The molecule has 0 spiro atoms. The van der Waals surface area contributed by atoms with Gasteiger partial charge in [-0.25, -0.2) is 23.2 Å². The number of methoxy groups -OCH3 is 1. The number of sulfone groups is 1. The maximum Gasteiger partial charge on any atom is 0.319 e.